The number of benzene rings is 2. The van der Waals surface area contributed by atoms with Crippen molar-refractivity contribution in [3.63, 3.8) is 0 Å². The van der Waals surface area contributed by atoms with Crippen molar-refractivity contribution in [2.45, 2.75) is 6.54 Å². The molecule has 0 saturated carbocycles. The molecule has 7 nitrogen and oxygen atoms in total. The number of nitrogens with one attached hydrogen (secondary N) is 1. The molecule has 2 aromatic rings. The highest BCUT2D eigenvalue weighted by Crippen LogP contribution is 2.21. The first-order valence-corrected chi connectivity index (χ1v) is 8.58. The highest BCUT2D eigenvalue weighted by atomic mass is 19.1. The lowest BCUT2D eigenvalue weighted by Gasteiger charge is -2.33. The van der Waals surface area contributed by atoms with Gasteiger partial charge in [-0.25, -0.2) is 15.0 Å². The summed E-state index contributed by atoms with van der Waals surface area (Å²) in [5.41, 5.74) is 3.92. The van der Waals surface area contributed by atoms with Crippen LogP contribution in [0.4, 0.5) is 14.9 Å². The fraction of sp³-hybridized carbons (Fsp3) is 0.263. The maximum atomic E-state index is 13.3. The number of hydrogen-bond acceptors (Lipinski definition) is 4. The highest BCUT2D eigenvalue weighted by molar-refractivity contribution is 5.94. The van der Waals surface area contributed by atoms with Gasteiger partial charge < -0.3 is 9.64 Å². The average Bonchev–Trinajstić information content (AvgIpc) is 2.73. The molecule has 0 aromatic heterocycles. The number of amides is 3. The number of urea groups is 1. The maximum absolute atomic E-state index is 13.3. The summed E-state index contributed by atoms with van der Waals surface area (Å²) in [5, 5.41) is 0. The Morgan fingerprint density at radius 2 is 1.70 bits per heavy atom. The van der Waals surface area contributed by atoms with E-state index in [2.05, 4.69) is 5.43 Å². The Bertz CT molecular complexity index is 790. The Morgan fingerprint density at radius 3 is 2.30 bits per heavy atom. The van der Waals surface area contributed by atoms with Gasteiger partial charge in [-0.2, -0.15) is 0 Å². The van der Waals surface area contributed by atoms with Crippen LogP contribution in [0.1, 0.15) is 15.9 Å². The number of hydrazine groups is 1. The summed E-state index contributed by atoms with van der Waals surface area (Å²) in [4.78, 5) is 27.9. The van der Waals surface area contributed by atoms with Crippen molar-refractivity contribution in [1.82, 2.24) is 10.3 Å². The number of morpholine rings is 1. The number of nitrogens with zero attached hydrogens (tertiary/aromatic N) is 2. The van der Waals surface area contributed by atoms with Crippen LogP contribution < -0.4 is 16.2 Å². The molecule has 0 radical (unpaired) electrons. The molecule has 142 valence electrons. The molecular formula is C19H21FN4O3. The molecule has 3 N–H and O–H groups in total. The lowest BCUT2D eigenvalue weighted by molar-refractivity contribution is 0.0548. The van der Waals surface area contributed by atoms with E-state index in [1.807, 2.05) is 0 Å². The second-order valence-corrected chi connectivity index (χ2v) is 6.11. The van der Waals surface area contributed by atoms with Gasteiger partial charge in [-0.05, 0) is 42.0 Å². The van der Waals surface area contributed by atoms with Gasteiger partial charge in [0.05, 0.1) is 19.8 Å². The Balaban J connectivity index is 1.83. The van der Waals surface area contributed by atoms with E-state index >= 15 is 0 Å². The number of ether oxygens (including phenoxy) is 1. The van der Waals surface area contributed by atoms with Crippen molar-refractivity contribution in [3.8, 4) is 0 Å². The van der Waals surface area contributed by atoms with Gasteiger partial charge in [-0.1, -0.05) is 12.1 Å². The molecule has 0 aliphatic carbocycles. The third kappa shape index (κ3) is 4.60. The van der Waals surface area contributed by atoms with Gasteiger partial charge in [-0.15, -0.1) is 0 Å². The van der Waals surface area contributed by atoms with E-state index in [0.29, 0.717) is 37.6 Å². The molecule has 3 amide bonds. The molecule has 1 fully saturated rings. The van der Waals surface area contributed by atoms with E-state index < -0.39 is 0 Å². The summed E-state index contributed by atoms with van der Waals surface area (Å²) in [6, 6.07) is 12.4. The Kier molecular flexibility index (Phi) is 6.00. The first kappa shape index (κ1) is 18.8. The SMILES string of the molecule is NNC(=O)c1ccc(CN(C(=O)N2CCOCC2)c2ccc(F)cc2)cc1. The summed E-state index contributed by atoms with van der Waals surface area (Å²) in [7, 11) is 0. The van der Waals surface area contributed by atoms with Crippen molar-refractivity contribution < 1.29 is 18.7 Å². The summed E-state index contributed by atoms with van der Waals surface area (Å²) in [5.74, 6) is 4.38. The number of rotatable bonds is 4. The third-order valence-corrected chi connectivity index (χ3v) is 4.34. The van der Waals surface area contributed by atoms with Gasteiger partial charge in [0.15, 0.2) is 0 Å². The van der Waals surface area contributed by atoms with Crippen molar-refractivity contribution in [2.75, 3.05) is 31.2 Å². The van der Waals surface area contributed by atoms with Gasteiger partial charge in [0.25, 0.3) is 5.91 Å². The van der Waals surface area contributed by atoms with Crippen molar-refractivity contribution in [3.05, 3.63) is 65.5 Å². The number of carbonyl (C=O) groups excluding carboxylic acids is 2. The van der Waals surface area contributed by atoms with Crippen LogP contribution in [0.3, 0.4) is 0 Å². The van der Waals surface area contributed by atoms with Gasteiger partial charge in [0, 0.05) is 24.3 Å². The van der Waals surface area contributed by atoms with Crippen LogP contribution in [0, 0.1) is 5.82 Å². The van der Waals surface area contributed by atoms with E-state index in [1.54, 1.807) is 46.2 Å². The molecule has 1 saturated heterocycles. The third-order valence-electron chi connectivity index (χ3n) is 4.34. The zero-order valence-electron chi connectivity index (χ0n) is 14.7. The molecule has 0 unspecified atom stereocenters. The maximum Gasteiger partial charge on any atom is 0.324 e. The second-order valence-electron chi connectivity index (χ2n) is 6.11. The smallest absolute Gasteiger partial charge is 0.324 e. The van der Waals surface area contributed by atoms with Crippen LogP contribution >= 0.6 is 0 Å². The number of carbonyl (C=O) groups is 2. The standard InChI is InChI=1S/C19H21FN4O3/c20-16-5-7-17(8-6-16)24(19(26)23-9-11-27-12-10-23)13-14-1-3-15(4-2-14)18(25)22-21/h1-8H,9-13,21H2,(H,22,25). The zero-order chi connectivity index (χ0) is 19.2. The van der Waals surface area contributed by atoms with Crippen LogP contribution in [-0.4, -0.2) is 43.1 Å². The predicted octanol–water partition coefficient (Wildman–Crippen LogP) is 1.89. The minimum atomic E-state index is -0.388. The normalized spacial score (nSPS) is 13.9. The molecular weight excluding hydrogens is 351 g/mol. The number of halogens is 1. The summed E-state index contributed by atoms with van der Waals surface area (Å²) in [6.45, 7) is 2.28. The van der Waals surface area contributed by atoms with Crippen LogP contribution in [0.5, 0.6) is 0 Å². The predicted molar refractivity (Wildman–Crippen MR) is 98.5 cm³/mol. The fourth-order valence-corrected chi connectivity index (χ4v) is 2.84. The first-order valence-electron chi connectivity index (χ1n) is 8.58. The quantitative estimate of drug-likeness (QED) is 0.487. The number of nitrogen functional groups attached to an aromatic ring is 1. The van der Waals surface area contributed by atoms with E-state index in [9.17, 15) is 14.0 Å². The molecule has 0 bridgehead atoms. The molecule has 27 heavy (non-hydrogen) atoms. The van der Waals surface area contributed by atoms with E-state index in [0.717, 1.165) is 5.56 Å². The Labute approximate surface area is 156 Å². The molecule has 1 aliphatic rings. The zero-order valence-corrected chi connectivity index (χ0v) is 14.7. The Hall–Kier alpha value is -2.97. The number of anilines is 1. The summed E-state index contributed by atoms with van der Waals surface area (Å²) in [6.07, 6.45) is 0. The molecule has 3 rings (SSSR count). The molecule has 8 heteroatoms. The van der Waals surface area contributed by atoms with Crippen LogP contribution in [0.2, 0.25) is 0 Å². The summed E-state index contributed by atoms with van der Waals surface area (Å²) >= 11 is 0. The van der Waals surface area contributed by atoms with E-state index in [1.165, 1.54) is 12.1 Å². The van der Waals surface area contributed by atoms with Crippen LogP contribution in [0.25, 0.3) is 0 Å². The Morgan fingerprint density at radius 1 is 1.07 bits per heavy atom. The van der Waals surface area contributed by atoms with Gasteiger partial charge in [-0.3, -0.25) is 15.1 Å². The first-order chi connectivity index (χ1) is 13.1. The van der Waals surface area contributed by atoms with Crippen molar-refractivity contribution in [1.29, 1.82) is 0 Å². The fourth-order valence-electron chi connectivity index (χ4n) is 2.84. The van der Waals surface area contributed by atoms with Crippen LogP contribution in [0.15, 0.2) is 48.5 Å². The van der Waals surface area contributed by atoms with Gasteiger partial charge in [0.2, 0.25) is 0 Å². The van der Waals surface area contributed by atoms with Gasteiger partial charge >= 0.3 is 6.03 Å². The summed E-state index contributed by atoms with van der Waals surface area (Å²) < 4.78 is 18.6. The van der Waals surface area contributed by atoms with Crippen molar-refractivity contribution in [2.24, 2.45) is 5.84 Å². The molecule has 0 atom stereocenters. The lowest BCUT2D eigenvalue weighted by atomic mass is 10.1. The van der Waals surface area contributed by atoms with E-state index in [4.69, 9.17) is 10.6 Å². The molecule has 1 heterocycles. The molecule has 2 aromatic carbocycles. The lowest BCUT2D eigenvalue weighted by Crippen LogP contribution is -2.48. The second kappa shape index (κ2) is 8.61. The minimum Gasteiger partial charge on any atom is -0.378 e. The highest BCUT2D eigenvalue weighted by Gasteiger charge is 2.24. The van der Waals surface area contributed by atoms with Gasteiger partial charge in [0.1, 0.15) is 5.82 Å². The largest absolute Gasteiger partial charge is 0.378 e. The van der Waals surface area contributed by atoms with Crippen LogP contribution in [-0.2, 0) is 11.3 Å². The topological polar surface area (TPSA) is 87.9 Å². The number of hydrogen-bond donors (Lipinski definition) is 2. The minimum absolute atomic E-state index is 0.173. The van der Waals surface area contributed by atoms with Crippen molar-refractivity contribution >= 4 is 17.6 Å². The van der Waals surface area contributed by atoms with E-state index in [-0.39, 0.29) is 24.3 Å². The molecule has 0 spiro atoms. The average molecular weight is 372 g/mol. The monoisotopic (exact) mass is 372 g/mol. The number of nitrogens with two attached hydrogens (primary N) is 1. The molecule has 1 aliphatic heterocycles.